The monoisotopic (exact) mass is 379 g/mol. The molecule has 0 spiro atoms. The summed E-state index contributed by atoms with van der Waals surface area (Å²) in [5.74, 6) is 0. The molecule has 64 valence electrons. The molecule has 0 amide bonds. The number of aliphatic hydroxyl groups is 1. The Morgan fingerprint density at radius 1 is 0.778 bits per heavy atom. The molecule has 8 heteroatoms. The molecule has 0 aromatic carbocycles. The number of nitriles is 1. The van der Waals surface area contributed by atoms with E-state index in [1.165, 1.54) is 0 Å². The van der Waals surface area contributed by atoms with E-state index in [1.807, 2.05) is 0 Å². The van der Waals surface area contributed by atoms with Gasteiger partial charge in [0.15, 0.2) is 0 Å². The fourth-order valence-corrected chi connectivity index (χ4v) is 0. The number of nitrogens with zero attached hydrogens (tertiary/aromatic N) is 1. The second-order valence-corrected chi connectivity index (χ2v) is 0.100. The first-order chi connectivity index (χ1) is 1.41. The van der Waals surface area contributed by atoms with Crippen LogP contribution in [0.15, 0.2) is 0 Å². The molecule has 0 aliphatic heterocycles. The Kier molecular flexibility index (Phi) is 561. The standard InChI is InChI=1S/CHNO.6Fe/c2-1-3;;;;;;/h3H;;;;;;. The molecule has 0 heterocycles. The van der Waals surface area contributed by atoms with Crippen molar-refractivity contribution in [2.24, 2.45) is 0 Å². The van der Waals surface area contributed by atoms with E-state index in [2.05, 4.69) is 0 Å². The van der Waals surface area contributed by atoms with Crippen LogP contribution >= 0.6 is 0 Å². The van der Waals surface area contributed by atoms with Gasteiger partial charge in [0.05, 0.1) is 0 Å². The summed E-state index contributed by atoms with van der Waals surface area (Å²) in [6.45, 7) is 0. The largest absolute Gasteiger partial charge is 0.443 e. The molecule has 0 aliphatic carbocycles. The predicted octanol–water partition coefficient (Wildman–Crippen LogP) is -0.175. The van der Waals surface area contributed by atoms with Gasteiger partial charge in [-0.05, 0) is 0 Å². The van der Waals surface area contributed by atoms with Crippen molar-refractivity contribution in [2.45, 2.75) is 0 Å². The molecule has 0 aromatic heterocycles. The van der Waals surface area contributed by atoms with Gasteiger partial charge in [-0.15, -0.1) is 0 Å². The van der Waals surface area contributed by atoms with Gasteiger partial charge in [-0.25, -0.2) is 0 Å². The van der Waals surface area contributed by atoms with Gasteiger partial charge in [0, 0.05) is 102 Å². The fourth-order valence-electron chi connectivity index (χ4n) is 0. The van der Waals surface area contributed by atoms with Crippen molar-refractivity contribution in [3.63, 3.8) is 0 Å². The third-order valence-electron chi connectivity index (χ3n) is 0. The first-order valence-corrected chi connectivity index (χ1v) is 0.447. The predicted molar refractivity (Wildman–Crippen MR) is 7.55 cm³/mol. The average molecular weight is 378 g/mol. The van der Waals surface area contributed by atoms with Crippen molar-refractivity contribution in [2.75, 3.05) is 0 Å². The molecule has 0 atom stereocenters. The van der Waals surface area contributed by atoms with E-state index in [-0.39, 0.29) is 102 Å². The van der Waals surface area contributed by atoms with E-state index in [9.17, 15) is 0 Å². The van der Waals surface area contributed by atoms with Crippen LogP contribution in [0.5, 0.6) is 0 Å². The third kappa shape index (κ3) is 127. The fraction of sp³-hybridized carbons (Fsp3) is 0. The summed E-state index contributed by atoms with van der Waals surface area (Å²) in [4.78, 5) is 0. The second kappa shape index (κ2) is 79.3. The van der Waals surface area contributed by atoms with Gasteiger partial charge in [0.1, 0.15) is 0 Å². The Morgan fingerprint density at radius 2 is 0.778 bits per heavy atom. The summed E-state index contributed by atoms with van der Waals surface area (Å²) in [5, 5.41) is 13.8. The molecular weight excluding hydrogens is 377 g/mol. The Morgan fingerprint density at radius 3 is 0.778 bits per heavy atom. The van der Waals surface area contributed by atoms with Crippen LogP contribution in [0, 0.1) is 11.5 Å². The van der Waals surface area contributed by atoms with Crippen molar-refractivity contribution in [1.29, 1.82) is 5.26 Å². The van der Waals surface area contributed by atoms with Crippen LogP contribution in [0.2, 0.25) is 0 Å². The first-order valence-electron chi connectivity index (χ1n) is 0.447. The molecule has 0 rings (SSSR count). The smallest absolute Gasteiger partial charge is 0.283 e. The van der Waals surface area contributed by atoms with E-state index in [0.717, 1.165) is 6.26 Å². The van der Waals surface area contributed by atoms with Crippen molar-refractivity contribution in [3.8, 4) is 6.26 Å². The number of rotatable bonds is 0. The number of hydrogen-bond donors (Lipinski definition) is 1. The molecule has 0 saturated heterocycles. The minimum atomic E-state index is 0. The van der Waals surface area contributed by atoms with Crippen LogP contribution in [0.3, 0.4) is 0 Å². The van der Waals surface area contributed by atoms with Crippen LogP contribution < -0.4 is 0 Å². The van der Waals surface area contributed by atoms with Gasteiger partial charge < -0.3 is 5.11 Å². The summed E-state index contributed by atoms with van der Waals surface area (Å²) < 4.78 is 0. The van der Waals surface area contributed by atoms with Crippen LogP contribution in [0.25, 0.3) is 0 Å². The molecule has 0 unspecified atom stereocenters. The minimum Gasteiger partial charge on any atom is -0.443 e. The summed E-state index contributed by atoms with van der Waals surface area (Å²) in [5.41, 5.74) is 0. The minimum absolute atomic E-state index is 0. The van der Waals surface area contributed by atoms with Gasteiger partial charge in [-0.3, -0.25) is 0 Å². The van der Waals surface area contributed by atoms with Gasteiger partial charge >= 0.3 is 0 Å². The summed E-state index contributed by atoms with van der Waals surface area (Å²) in [7, 11) is 0. The topological polar surface area (TPSA) is 44.0 Å². The molecule has 0 radical (unpaired) electrons. The third-order valence-corrected chi connectivity index (χ3v) is 0. The number of hydrogen-bond acceptors (Lipinski definition) is 2. The quantitative estimate of drug-likeness (QED) is 0.470. The van der Waals surface area contributed by atoms with Gasteiger partial charge in [0.2, 0.25) is 0 Å². The average Bonchev–Trinajstić information content (AvgIpc) is 0.918. The molecule has 0 fully saturated rings. The molecule has 2 nitrogen and oxygen atoms in total. The van der Waals surface area contributed by atoms with E-state index in [0.29, 0.717) is 0 Å². The molecule has 0 aliphatic rings. The van der Waals surface area contributed by atoms with Gasteiger partial charge in [-0.1, -0.05) is 0 Å². The summed E-state index contributed by atoms with van der Waals surface area (Å²) in [6, 6.07) is 0. The normalized spacial score (nSPS) is 0.778. The maximum absolute atomic E-state index is 6.88. The second-order valence-electron chi connectivity index (χ2n) is 0.100. The van der Waals surface area contributed by atoms with Crippen LogP contribution in [0.1, 0.15) is 0 Å². The summed E-state index contributed by atoms with van der Waals surface area (Å²) >= 11 is 0. The Hall–Kier alpha value is 2.41. The van der Waals surface area contributed by atoms with Crippen LogP contribution in [-0.2, 0) is 102 Å². The molecule has 0 saturated carbocycles. The van der Waals surface area contributed by atoms with E-state index >= 15 is 0 Å². The summed E-state index contributed by atoms with van der Waals surface area (Å²) in [6.07, 6.45) is 0.750. The zero-order valence-corrected chi connectivity index (χ0v) is 10.1. The van der Waals surface area contributed by atoms with E-state index in [4.69, 9.17) is 10.4 Å². The van der Waals surface area contributed by atoms with Gasteiger partial charge in [-0.2, -0.15) is 5.26 Å². The molecule has 9 heavy (non-hydrogen) atoms. The molecule has 1 N–H and O–H groups in total. The maximum atomic E-state index is 6.88. The van der Waals surface area contributed by atoms with Crippen molar-refractivity contribution in [3.05, 3.63) is 0 Å². The van der Waals surface area contributed by atoms with Crippen molar-refractivity contribution >= 4 is 0 Å². The van der Waals surface area contributed by atoms with E-state index in [1.54, 1.807) is 0 Å². The van der Waals surface area contributed by atoms with Crippen LogP contribution in [-0.4, -0.2) is 5.11 Å². The number of aliphatic hydroxyl groups excluding tert-OH is 1. The molecule has 0 bridgehead atoms. The Bertz CT molecular complexity index is 34.5. The maximum Gasteiger partial charge on any atom is 0.283 e. The zero-order valence-electron chi connectivity index (χ0n) is 3.52. The first kappa shape index (κ1) is 63.6. The van der Waals surface area contributed by atoms with Crippen molar-refractivity contribution in [1.82, 2.24) is 0 Å². The molecule has 0 aromatic rings. The SMILES string of the molecule is N#CO.[Fe].[Fe].[Fe].[Fe].[Fe].[Fe]. The Labute approximate surface area is 117 Å². The van der Waals surface area contributed by atoms with E-state index < -0.39 is 0 Å². The zero-order chi connectivity index (χ0) is 2.71. The van der Waals surface area contributed by atoms with Gasteiger partial charge in [0.25, 0.3) is 6.26 Å². The van der Waals surface area contributed by atoms with Crippen LogP contribution in [0.4, 0.5) is 0 Å². The van der Waals surface area contributed by atoms with Crippen molar-refractivity contribution < 1.29 is 108 Å². The Balaban J connectivity index is -0.00000000133. The molecular formula is CHFe6NO.